The Balaban J connectivity index is 1.87. The summed E-state index contributed by atoms with van der Waals surface area (Å²) >= 11 is 0. The summed E-state index contributed by atoms with van der Waals surface area (Å²) in [7, 11) is 0. The van der Waals surface area contributed by atoms with E-state index in [0.29, 0.717) is 0 Å². The summed E-state index contributed by atoms with van der Waals surface area (Å²) in [5.74, 6) is 0.824. The van der Waals surface area contributed by atoms with Crippen LogP contribution in [0.2, 0.25) is 0 Å². The third-order valence-corrected chi connectivity index (χ3v) is 2.79. The average molecular weight is 234 g/mol. The summed E-state index contributed by atoms with van der Waals surface area (Å²) in [6.07, 6.45) is 2.68. The topological polar surface area (TPSA) is 37.8 Å². The van der Waals surface area contributed by atoms with Gasteiger partial charge in [0.05, 0.1) is 5.52 Å². The second kappa shape index (κ2) is 4.84. The van der Waals surface area contributed by atoms with Crippen LogP contribution in [0.15, 0.2) is 54.6 Å². The lowest BCUT2D eigenvalue weighted by molar-refractivity contribution is 1.10. The first kappa shape index (κ1) is 10.7. The SMILES string of the molecule is [c]1nc(NCc2ccccc2)c2ccccc2n1. The Bertz CT molecular complexity index is 645. The van der Waals surface area contributed by atoms with Crippen molar-refractivity contribution in [2.24, 2.45) is 0 Å². The van der Waals surface area contributed by atoms with Gasteiger partial charge >= 0.3 is 0 Å². The second-order valence-electron chi connectivity index (χ2n) is 4.03. The van der Waals surface area contributed by atoms with Crippen molar-refractivity contribution >= 4 is 16.7 Å². The van der Waals surface area contributed by atoms with Crippen molar-refractivity contribution in [3.05, 3.63) is 66.5 Å². The molecule has 1 radical (unpaired) electrons. The van der Waals surface area contributed by atoms with Crippen molar-refractivity contribution < 1.29 is 0 Å². The Kier molecular flexibility index (Phi) is 2.88. The van der Waals surface area contributed by atoms with Crippen molar-refractivity contribution in [2.75, 3.05) is 5.32 Å². The highest BCUT2D eigenvalue weighted by atomic mass is 15.0. The van der Waals surface area contributed by atoms with Crippen LogP contribution in [-0.4, -0.2) is 9.97 Å². The van der Waals surface area contributed by atoms with E-state index in [1.807, 2.05) is 42.5 Å². The fraction of sp³-hybridized carbons (Fsp3) is 0.0667. The number of para-hydroxylation sites is 1. The van der Waals surface area contributed by atoms with Gasteiger partial charge < -0.3 is 5.32 Å². The summed E-state index contributed by atoms with van der Waals surface area (Å²) < 4.78 is 0. The number of benzene rings is 2. The predicted octanol–water partition coefficient (Wildman–Crippen LogP) is 3.04. The van der Waals surface area contributed by atoms with Crippen LogP contribution >= 0.6 is 0 Å². The maximum absolute atomic E-state index is 4.17. The van der Waals surface area contributed by atoms with Crippen molar-refractivity contribution in [2.45, 2.75) is 6.54 Å². The molecule has 0 spiro atoms. The highest BCUT2D eigenvalue weighted by Crippen LogP contribution is 2.18. The predicted molar refractivity (Wildman–Crippen MR) is 72.1 cm³/mol. The Hall–Kier alpha value is -2.42. The van der Waals surface area contributed by atoms with Gasteiger partial charge in [0, 0.05) is 11.9 Å². The van der Waals surface area contributed by atoms with E-state index < -0.39 is 0 Å². The van der Waals surface area contributed by atoms with Crippen molar-refractivity contribution in [3.8, 4) is 0 Å². The second-order valence-corrected chi connectivity index (χ2v) is 4.03. The Morgan fingerprint density at radius 2 is 1.67 bits per heavy atom. The lowest BCUT2D eigenvalue weighted by Crippen LogP contribution is -2.02. The minimum absolute atomic E-state index is 0.746. The van der Waals surface area contributed by atoms with E-state index in [1.165, 1.54) is 5.56 Å². The first-order valence-electron chi connectivity index (χ1n) is 5.84. The number of nitrogens with zero attached hydrogens (tertiary/aromatic N) is 2. The van der Waals surface area contributed by atoms with Gasteiger partial charge in [0.15, 0.2) is 6.33 Å². The van der Waals surface area contributed by atoms with Gasteiger partial charge in [0.1, 0.15) is 5.82 Å². The van der Waals surface area contributed by atoms with Crippen LogP contribution < -0.4 is 5.32 Å². The molecule has 1 heterocycles. The van der Waals surface area contributed by atoms with E-state index >= 15 is 0 Å². The van der Waals surface area contributed by atoms with Crippen LogP contribution in [0, 0.1) is 6.33 Å². The molecule has 0 fully saturated rings. The number of hydrogen-bond acceptors (Lipinski definition) is 3. The molecule has 3 nitrogen and oxygen atoms in total. The molecule has 87 valence electrons. The van der Waals surface area contributed by atoms with Crippen LogP contribution in [0.25, 0.3) is 10.9 Å². The molecule has 0 aliphatic carbocycles. The Labute approximate surface area is 106 Å². The highest BCUT2D eigenvalue weighted by molar-refractivity contribution is 5.88. The van der Waals surface area contributed by atoms with Gasteiger partial charge in [-0.2, -0.15) is 0 Å². The molecule has 0 atom stereocenters. The normalized spacial score (nSPS) is 10.4. The van der Waals surface area contributed by atoms with Crippen LogP contribution in [0.5, 0.6) is 0 Å². The number of fused-ring (bicyclic) bond motifs is 1. The summed E-state index contributed by atoms with van der Waals surface area (Å²) in [5.41, 5.74) is 2.13. The molecule has 0 bridgehead atoms. The van der Waals surface area contributed by atoms with Crippen LogP contribution in [0.4, 0.5) is 5.82 Å². The Morgan fingerprint density at radius 3 is 2.56 bits per heavy atom. The summed E-state index contributed by atoms with van der Waals surface area (Å²) in [4.78, 5) is 8.30. The van der Waals surface area contributed by atoms with E-state index in [2.05, 4.69) is 33.7 Å². The molecule has 2 aromatic carbocycles. The molecule has 0 amide bonds. The molecular formula is C15H12N3. The lowest BCUT2D eigenvalue weighted by Gasteiger charge is -2.07. The summed E-state index contributed by atoms with van der Waals surface area (Å²) in [5, 5.41) is 4.34. The zero-order valence-corrected chi connectivity index (χ0v) is 9.80. The first-order chi connectivity index (χ1) is 8.93. The van der Waals surface area contributed by atoms with E-state index in [-0.39, 0.29) is 0 Å². The van der Waals surface area contributed by atoms with Gasteiger partial charge in [-0.3, -0.25) is 0 Å². The number of hydrogen-bond donors (Lipinski definition) is 1. The summed E-state index contributed by atoms with van der Waals surface area (Å²) in [6, 6.07) is 18.2. The molecular weight excluding hydrogens is 222 g/mol. The molecule has 3 heteroatoms. The first-order valence-corrected chi connectivity index (χ1v) is 5.84. The van der Waals surface area contributed by atoms with Crippen molar-refractivity contribution in [3.63, 3.8) is 0 Å². The highest BCUT2D eigenvalue weighted by Gasteiger charge is 2.02. The molecule has 1 aromatic heterocycles. The number of nitrogens with one attached hydrogen (secondary N) is 1. The molecule has 3 aromatic rings. The smallest absolute Gasteiger partial charge is 0.200 e. The van der Waals surface area contributed by atoms with E-state index in [9.17, 15) is 0 Å². The third-order valence-electron chi connectivity index (χ3n) is 2.79. The average Bonchev–Trinajstić information content (AvgIpc) is 2.46. The largest absolute Gasteiger partial charge is 0.365 e. The molecule has 0 aliphatic rings. The van der Waals surface area contributed by atoms with Crippen molar-refractivity contribution in [1.82, 2.24) is 9.97 Å². The monoisotopic (exact) mass is 234 g/mol. The molecule has 0 saturated heterocycles. The van der Waals surface area contributed by atoms with Crippen LogP contribution in [0.3, 0.4) is 0 Å². The maximum Gasteiger partial charge on any atom is 0.200 e. The van der Waals surface area contributed by atoms with Gasteiger partial charge in [0.25, 0.3) is 0 Å². The van der Waals surface area contributed by atoms with E-state index in [4.69, 9.17) is 0 Å². The lowest BCUT2D eigenvalue weighted by atomic mass is 10.2. The number of aromatic nitrogens is 2. The molecule has 0 aliphatic heterocycles. The molecule has 0 saturated carbocycles. The van der Waals surface area contributed by atoms with Crippen LogP contribution in [0.1, 0.15) is 5.56 Å². The fourth-order valence-electron chi connectivity index (χ4n) is 1.88. The molecule has 3 rings (SSSR count). The molecule has 18 heavy (non-hydrogen) atoms. The van der Waals surface area contributed by atoms with E-state index in [0.717, 1.165) is 23.3 Å². The minimum atomic E-state index is 0.746. The Morgan fingerprint density at radius 1 is 0.889 bits per heavy atom. The van der Waals surface area contributed by atoms with Gasteiger partial charge in [0.2, 0.25) is 0 Å². The molecule has 1 N–H and O–H groups in total. The quantitative estimate of drug-likeness (QED) is 0.757. The third kappa shape index (κ3) is 2.15. The van der Waals surface area contributed by atoms with Gasteiger partial charge in [-0.05, 0) is 17.7 Å². The standard InChI is InChI=1S/C15H12N3/c1-2-6-12(7-3-1)10-16-15-13-8-4-5-9-14(13)17-11-18-15/h1-9H,10H2,(H,16,17,18). The van der Waals surface area contributed by atoms with Crippen LogP contribution in [-0.2, 0) is 6.54 Å². The summed E-state index contributed by atoms with van der Waals surface area (Å²) in [6.45, 7) is 0.746. The minimum Gasteiger partial charge on any atom is -0.365 e. The fourth-order valence-corrected chi connectivity index (χ4v) is 1.88. The number of rotatable bonds is 3. The van der Waals surface area contributed by atoms with Gasteiger partial charge in [-0.1, -0.05) is 42.5 Å². The van der Waals surface area contributed by atoms with Gasteiger partial charge in [-0.15, -0.1) is 0 Å². The number of anilines is 1. The maximum atomic E-state index is 4.17. The van der Waals surface area contributed by atoms with E-state index in [1.54, 1.807) is 0 Å². The van der Waals surface area contributed by atoms with Crippen molar-refractivity contribution in [1.29, 1.82) is 0 Å². The zero-order valence-electron chi connectivity index (χ0n) is 9.80. The molecule has 0 unspecified atom stereocenters. The van der Waals surface area contributed by atoms with Gasteiger partial charge in [-0.25, -0.2) is 9.97 Å². The zero-order chi connectivity index (χ0) is 12.2.